The fraction of sp³-hybridized carbons (Fsp3) is 0.500. The SMILES string of the molecule is CCC1Cc2cccc3c2N1C(=O)C(N)CC3. The van der Waals surface area contributed by atoms with Gasteiger partial charge in [0.2, 0.25) is 5.91 Å². The average Bonchev–Trinajstić information content (AvgIpc) is 2.67. The molecule has 2 aliphatic heterocycles. The molecule has 1 aromatic rings. The van der Waals surface area contributed by atoms with Crippen molar-refractivity contribution in [3.8, 4) is 0 Å². The maximum absolute atomic E-state index is 12.3. The molecular formula is C14H18N2O. The minimum atomic E-state index is -0.331. The van der Waals surface area contributed by atoms with Crippen LogP contribution in [0, 0.1) is 0 Å². The monoisotopic (exact) mass is 230 g/mol. The number of carbonyl (C=O) groups excluding carboxylic acids is 1. The van der Waals surface area contributed by atoms with Gasteiger partial charge in [-0.15, -0.1) is 0 Å². The number of hydrogen-bond acceptors (Lipinski definition) is 2. The molecule has 0 fully saturated rings. The topological polar surface area (TPSA) is 46.3 Å². The smallest absolute Gasteiger partial charge is 0.244 e. The van der Waals surface area contributed by atoms with E-state index in [9.17, 15) is 4.79 Å². The van der Waals surface area contributed by atoms with Gasteiger partial charge < -0.3 is 10.6 Å². The summed E-state index contributed by atoms with van der Waals surface area (Å²) in [6.07, 6.45) is 3.66. The molecule has 3 rings (SSSR count). The van der Waals surface area contributed by atoms with Gasteiger partial charge in [0.05, 0.1) is 11.7 Å². The summed E-state index contributed by atoms with van der Waals surface area (Å²) >= 11 is 0. The molecule has 3 heteroatoms. The van der Waals surface area contributed by atoms with Gasteiger partial charge in [-0.2, -0.15) is 0 Å². The van der Waals surface area contributed by atoms with Crippen molar-refractivity contribution in [1.82, 2.24) is 0 Å². The van der Waals surface area contributed by atoms with Crippen molar-refractivity contribution in [2.45, 2.75) is 44.7 Å². The maximum Gasteiger partial charge on any atom is 0.244 e. The fourth-order valence-electron chi connectivity index (χ4n) is 3.08. The summed E-state index contributed by atoms with van der Waals surface area (Å²) < 4.78 is 0. The molecule has 0 bridgehead atoms. The molecule has 90 valence electrons. The highest BCUT2D eigenvalue weighted by Gasteiger charge is 2.38. The molecule has 0 saturated heterocycles. The third kappa shape index (κ3) is 1.49. The Hall–Kier alpha value is -1.35. The van der Waals surface area contributed by atoms with Crippen LogP contribution < -0.4 is 10.6 Å². The van der Waals surface area contributed by atoms with Gasteiger partial charge in [-0.3, -0.25) is 4.79 Å². The Labute approximate surface area is 102 Å². The van der Waals surface area contributed by atoms with Crippen molar-refractivity contribution in [2.24, 2.45) is 5.73 Å². The van der Waals surface area contributed by atoms with Crippen molar-refractivity contribution in [3.05, 3.63) is 29.3 Å². The van der Waals surface area contributed by atoms with E-state index in [2.05, 4.69) is 25.1 Å². The highest BCUT2D eigenvalue weighted by molar-refractivity contribution is 6.01. The first-order valence-electron chi connectivity index (χ1n) is 6.41. The van der Waals surface area contributed by atoms with E-state index < -0.39 is 0 Å². The van der Waals surface area contributed by atoms with Crippen LogP contribution in [0.2, 0.25) is 0 Å². The van der Waals surface area contributed by atoms with Gasteiger partial charge >= 0.3 is 0 Å². The summed E-state index contributed by atoms with van der Waals surface area (Å²) in [7, 11) is 0. The number of carbonyl (C=O) groups is 1. The summed E-state index contributed by atoms with van der Waals surface area (Å²) in [4.78, 5) is 14.3. The highest BCUT2D eigenvalue weighted by Crippen LogP contribution is 2.39. The number of aryl methyl sites for hydroxylation is 1. The first-order chi connectivity index (χ1) is 8.22. The van der Waals surface area contributed by atoms with E-state index in [4.69, 9.17) is 5.73 Å². The van der Waals surface area contributed by atoms with Gasteiger partial charge in [-0.25, -0.2) is 0 Å². The number of rotatable bonds is 1. The zero-order valence-corrected chi connectivity index (χ0v) is 10.1. The summed E-state index contributed by atoms with van der Waals surface area (Å²) in [6.45, 7) is 2.14. The summed E-state index contributed by atoms with van der Waals surface area (Å²) in [5, 5.41) is 0. The Balaban J connectivity index is 2.15. The van der Waals surface area contributed by atoms with Gasteiger partial charge in [0.15, 0.2) is 0 Å². The quantitative estimate of drug-likeness (QED) is 0.797. The molecule has 17 heavy (non-hydrogen) atoms. The van der Waals surface area contributed by atoms with Crippen LogP contribution in [0.3, 0.4) is 0 Å². The largest absolute Gasteiger partial charge is 0.320 e. The van der Waals surface area contributed by atoms with Crippen LogP contribution in [0.4, 0.5) is 5.69 Å². The number of nitrogens with two attached hydrogens (primary N) is 1. The van der Waals surface area contributed by atoms with Crippen LogP contribution in [0.1, 0.15) is 30.9 Å². The third-order valence-electron chi connectivity index (χ3n) is 4.02. The molecule has 2 heterocycles. The number of amides is 1. The molecule has 0 aliphatic carbocycles. The van der Waals surface area contributed by atoms with Crippen LogP contribution >= 0.6 is 0 Å². The standard InChI is InChI=1S/C14H18N2O/c1-2-11-8-10-5-3-4-9-6-7-12(15)14(17)16(11)13(9)10/h3-5,11-12H,2,6-8,15H2,1H3. The van der Waals surface area contributed by atoms with Gasteiger partial charge in [0, 0.05) is 6.04 Å². The van der Waals surface area contributed by atoms with E-state index in [0.29, 0.717) is 6.04 Å². The molecule has 2 unspecified atom stereocenters. The van der Waals surface area contributed by atoms with Gasteiger partial charge in [0.1, 0.15) is 0 Å². The summed E-state index contributed by atoms with van der Waals surface area (Å²) in [6, 6.07) is 6.36. The van der Waals surface area contributed by atoms with Crippen LogP contribution in [-0.4, -0.2) is 18.0 Å². The number of hydrogen-bond donors (Lipinski definition) is 1. The lowest BCUT2D eigenvalue weighted by Crippen LogP contribution is -2.46. The second-order valence-electron chi connectivity index (χ2n) is 5.04. The Bertz CT molecular complexity index is 469. The minimum Gasteiger partial charge on any atom is -0.320 e. The molecule has 2 N–H and O–H groups in total. The first kappa shape index (κ1) is 10.8. The maximum atomic E-state index is 12.3. The van der Waals surface area contributed by atoms with E-state index in [1.54, 1.807) is 0 Å². The van der Waals surface area contributed by atoms with E-state index in [1.165, 1.54) is 11.1 Å². The van der Waals surface area contributed by atoms with Gasteiger partial charge in [-0.05, 0) is 36.8 Å². The van der Waals surface area contributed by atoms with E-state index in [-0.39, 0.29) is 11.9 Å². The number of benzene rings is 1. The number of anilines is 1. The number of para-hydroxylation sites is 1. The van der Waals surface area contributed by atoms with E-state index >= 15 is 0 Å². The molecule has 0 spiro atoms. The van der Waals surface area contributed by atoms with Crippen molar-refractivity contribution < 1.29 is 4.79 Å². The predicted octanol–water partition coefficient (Wildman–Crippen LogP) is 1.63. The fourth-order valence-corrected chi connectivity index (χ4v) is 3.08. The lowest BCUT2D eigenvalue weighted by Gasteiger charge is -2.26. The molecule has 1 amide bonds. The molecule has 2 atom stereocenters. The van der Waals surface area contributed by atoms with Crippen molar-refractivity contribution >= 4 is 11.6 Å². The molecule has 1 aromatic carbocycles. The Kier molecular flexibility index (Phi) is 2.44. The van der Waals surface area contributed by atoms with Crippen LogP contribution in [0.5, 0.6) is 0 Å². The van der Waals surface area contributed by atoms with Crippen LogP contribution in [0.25, 0.3) is 0 Å². The predicted molar refractivity (Wildman–Crippen MR) is 68.0 cm³/mol. The normalized spacial score (nSPS) is 26.9. The second-order valence-corrected chi connectivity index (χ2v) is 5.04. The zero-order chi connectivity index (χ0) is 12.0. The lowest BCUT2D eigenvalue weighted by molar-refractivity contribution is -0.120. The Morgan fingerprint density at radius 1 is 1.41 bits per heavy atom. The minimum absolute atomic E-state index is 0.112. The summed E-state index contributed by atoms with van der Waals surface area (Å²) in [5.74, 6) is 0.112. The molecule has 0 aromatic heterocycles. The molecule has 3 nitrogen and oxygen atoms in total. The Morgan fingerprint density at radius 3 is 2.94 bits per heavy atom. The first-order valence-corrected chi connectivity index (χ1v) is 6.41. The molecule has 0 radical (unpaired) electrons. The van der Waals surface area contributed by atoms with E-state index in [0.717, 1.165) is 31.4 Å². The number of nitrogens with zero attached hydrogens (tertiary/aromatic N) is 1. The lowest BCUT2D eigenvalue weighted by atomic mass is 10.0. The second kappa shape index (κ2) is 3.84. The summed E-state index contributed by atoms with van der Waals surface area (Å²) in [5.41, 5.74) is 9.74. The average molecular weight is 230 g/mol. The van der Waals surface area contributed by atoms with Crippen LogP contribution in [0.15, 0.2) is 18.2 Å². The van der Waals surface area contributed by atoms with Crippen molar-refractivity contribution in [1.29, 1.82) is 0 Å². The van der Waals surface area contributed by atoms with Gasteiger partial charge in [0.25, 0.3) is 0 Å². The van der Waals surface area contributed by atoms with Gasteiger partial charge in [-0.1, -0.05) is 25.1 Å². The Morgan fingerprint density at radius 2 is 2.18 bits per heavy atom. The third-order valence-corrected chi connectivity index (χ3v) is 4.02. The molecular weight excluding hydrogens is 212 g/mol. The van der Waals surface area contributed by atoms with Crippen molar-refractivity contribution in [3.63, 3.8) is 0 Å². The van der Waals surface area contributed by atoms with E-state index in [1.807, 2.05) is 4.90 Å². The van der Waals surface area contributed by atoms with Crippen LogP contribution in [-0.2, 0) is 17.6 Å². The molecule has 0 saturated carbocycles. The highest BCUT2D eigenvalue weighted by atomic mass is 16.2. The zero-order valence-electron chi connectivity index (χ0n) is 10.1. The van der Waals surface area contributed by atoms with Crippen molar-refractivity contribution in [2.75, 3.05) is 4.90 Å². The molecule has 2 aliphatic rings.